The fraction of sp³-hybridized carbons (Fsp3) is 0.0625. The topological polar surface area (TPSA) is 50.2 Å². The van der Waals surface area contributed by atoms with Crippen molar-refractivity contribution in [2.75, 3.05) is 5.43 Å². The first-order chi connectivity index (χ1) is 10.2. The van der Waals surface area contributed by atoms with Crippen molar-refractivity contribution in [1.82, 2.24) is 9.97 Å². The standard InChI is InChI=1S/C16H13ClN4/c1-11(20-21-13-7-3-2-6-12(13)17)16-10-18-14-8-4-5-9-15(14)19-16/h2-10,21H,1H3/b20-11-. The molecule has 104 valence electrons. The first-order valence-corrected chi connectivity index (χ1v) is 6.89. The molecule has 0 aliphatic heterocycles. The van der Waals surface area contributed by atoms with E-state index in [1.54, 1.807) is 6.20 Å². The van der Waals surface area contributed by atoms with Crippen molar-refractivity contribution >= 4 is 34.0 Å². The highest BCUT2D eigenvalue weighted by atomic mass is 35.5. The summed E-state index contributed by atoms with van der Waals surface area (Å²) < 4.78 is 0. The molecule has 0 fully saturated rings. The number of anilines is 1. The van der Waals surface area contributed by atoms with Crippen molar-refractivity contribution in [3.8, 4) is 0 Å². The Balaban J connectivity index is 1.87. The van der Waals surface area contributed by atoms with Gasteiger partial charge in [-0.05, 0) is 31.2 Å². The average molecular weight is 297 g/mol. The van der Waals surface area contributed by atoms with Gasteiger partial charge >= 0.3 is 0 Å². The molecule has 3 aromatic rings. The number of aromatic nitrogens is 2. The Bertz CT molecular complexity index is 814. The Morgan fingerprint density at radius 3 is 2.57 bits per heavy atom. The molecule has 1 N–H and O–H groups in total. The van der Waals surface area contributed by atoms with Crippen LogP contribution in [0, 0.1) is 0 Å². The van der Waals surface area contributed by atoms with Crippen molar-refractivity contribution in [3.63, 3.8) is 0 Å². The van der Waals surface area contributed by atoms with Gasteiger partial charge in [0, 0.05) is 0 Å². The lowest BCUT2D eigenvalue weighted by Crippen LogP contribution is -2.03. The summed E-state index contributed by atoms with van der Waals surface area (Å²) in [6.45, 7) is 1.88. The van der Waals surface area contributed by atoms with Crippen LogP contribution < -0.4 is 5.43 Å². The minimum Gasteiger partial charge on any atom is -0.277 e. The molecule has 0 bridgehead atoms. The number of hydrogen-bond donors (Lipinski definition) is 1. The SMILES string of the molecule is C/C(=N/Nc1ccccc1Cl)c1cnc2ccccc2n1. The zero-order valence-electron chi connectivity index (χ0n) is 11.4. The number of para-hydroxylation sites is 3. The van der Waals surface area contributed by atoms with Gasteiger partial charge in [-0.3, -0.25) is 10.4 Å². The summed E-state index contributed by atoms with van der Waals surface area (Å²) in [6.07, 6.45) is 1.72. The molecule has 0 amide bonds. The highest BCUT2D eigenvalue weighted by Gasteiger charge is 2.03. The molecule has 2 aromatic carbocycles. The first kappa shape index (κ1) is 13.5. The number of halogens is 1. The maximum atomic E-state index is 6.07. The van der Waals surface area contributed by atoms with E-state index in [-0.39, 0.29) is 0 Å². The van der Waals surface area contributed by atoms with Gasteiger partial charge in [0.25, 0.3) is 0 Å². The fourth-order valence-electron chi connectivity index (χ4n) is 1.88. The number of fused-ring (bicyclic) bond motifs is 1. The smallest absolute Gasteiger partial charge is 0.105 e. The van der Waals surface area contributed by atoms with Gasteiger partial charge in [-0.1, -0.05) is 35.9 Å². The van der Waals surface area contributed by atoms with Gasteiger partial charge in [0.1, 0.15) is 5.69 Å². The highest BCUT2D eigenvalue weighted by molar-refractivity contribution is 6.33. The molecule has 0 unspecified atom stereocenters. The minimum atomic E-state index is 0.624. The maximum Gasteiger partial charge on any atom is 0.105 e. The Kier molecular flexibility index (Phi) is 3.79. The van der Waals surface area contributed by atoms with E-state index in [0.29, 0.717) is 5.02 Å². The second kappa shape index (κ2) is 5.89. The number of hydrazone groups is 1. The quantitative estimate of drug-likeness (QED) is 0.584. The summed E-state index contributed by atoms with van der Waals surface area (Å²) >= 11 is 6.07. The lowest BCUT2D eigenvalue weighted by Gasteiger charge is -2.05. The fourth-order valence-corrected chi connectivity index (χ4v) is 2.06. The molecule has 1 heterocycles. The van der Waals surface area contributed by atoms with Crippen molar-refractivity contribution in [3.05, 3.63) is 65.4 Å². The Morgan fingerprint density at radius 1 is 1.05 bits per heavy atom. The molecule has 0 aliphatic carbocycles. The van der Waals surface area contributed by atoms with Gasteiger partial charge in [0.15, 0.2) is 0 Å². The number of nitrogens with zero attached hydrogens (tertiary/aromatic N) is 3. The molecule has 5 heteroatoms. The van der Waals surface area contributed by atoms with E-state index in [0.717, 1.165) is 28.1 Å². The molecule has 0 saturated carbocycles. The average Bonchev–Trinajstić information content (AvgIpc) is 2.53. The van der Waals surface area contributed by atoms with E-state index in [1.165, 1.54) is 0 Å². The van der Waals surface area contributed by atoms with Gasteiger partial charge in [-0.2, -0.15) is 5.10 Å². The van der Waals surface area contributed by atoms with Gasteiger partial charge < -0.3 is 0 Å². The summed E-state index contributed by atoms with van der Waals surface area (Å²) in [5.74, 6) is 0. The van der Waals surface area contributed by atoms with Crippen LogP contribution >= 0.6 is 11.6 Å². The molecular formula is C16H13ClN4. The normalized spacial score (nSPS) is 11.6. The van der Waals surface area contributed by atoms with Crippen LogP contribution in [0.15, 0.2) is 59.8 Å². The third-order valence-corrected chi connectivity index (χ3v) is 3.37. The van der Waals surface area contributed by atoms with E-state index < -0.39 is 0 Å². The zero-order valence-corrected chi connectivity index (χ0v) is 12.2. The molecule has 4 nitrogen and oxygen atoms in total. The Hall–Kier alpha value is -2.46. The van der Waals surface area contributed by atoms with Crippen LogP contribution in [0.2, 0.25) is 5.02 Å². The molecule has 1 aromatic heterocycles. The summed E-state index contributed by atoms with van der Waals surface area (Å²) in [6, 6.07) is 15.2. The van der Waals surface area contributed by atoms with Crippen LogP contribution in [-0.2, 0) is 0 Å². The minimum absolute atomic E-state index is 0.624. The monoisotopic (exact) mass is 296 g/mol. The van der Waals surface area contributed by atoms with Gasteiger partial charge in [0.05, 0.1) is 33.7 Å². The van der Waals surface area contributed by atoms with Gasteiger partial charge in [-0.25, -0.2) is 4.98 Å². The maximum absolute atomic E-state index is 6.07. The van der Waals surface area contributed by atoms with Crippen molar-refractivity contribution in [1.29, 1.82) is 0 Å². The third kappa shape index (κ3) is 3.01. The van der Waals surface area contributed by atoms with Crippen LogP contribution in [-0.4, -0.2) is 15.7 Å². The van der Waals surface area contributed by atoms with Crippen LogP contribution in [0.1, 0.15) is 12.6 Å². The molecule has 21 heavy (non-hydrogen) atoms. The molecular weight excluding hydrogens is 284 g/mol. The second-order valence-electron chi connectivity index (χ2n) is 4.53. The van der Waals surface area contributed by atoms with E-state index in [4.69, 9.17) is 11.6 Å². The zero-order chi connectivity index (χ0) is 14.7. The summed E-state index contributed by atoms with van der Waals surface area (Å²) in [7, 11) is 0. The summed E-state index contributed by atoms with van der Waals surface area (Å²) in [5.41, 5.74) is 6.90. The van der Waals surface area contributed by atoms with Gasteiger partial charge in [0.2, 0.25) is 0 Å². The van der Waals surface area contributed by atoms with Crippen molar-refractivity contribution in [2.45, 2.75) is 6.92 Å². The summed E-state index contributed by atoms with van der Waals surface area (Å²) in [4.78, 5) is 8.92. The van der Waals surface area contributed by atoms with Crippen LogP contribution in [0.5, 0.6) is 0 Å². The van der Waals surface area contributed by atoms with E-state index >= 15 is 0 Å². The molecule has 0 aliphatic rings. The lowest BCUT2D eigenvalue weighted by molar-refractivity contribution is 1.23. The largest absolute Gasteiger partial charge is 0.277 e. The number of nitrogens with one attached hydrogen (secondary N) is 1. The van der Waals surface area contributed by atoms with Crippen molar-refractivity contribution < 1.29 is 0 Å². The van der Waals surface area contributed by atoms with E-state index in [2.05, 4.69) is 20.5 Å². The Labute approximate surface area is 127 Å². The van der Waals surface area contributed by atoms with Gasteiger partial charge in [-0.15, -0.1) is 0 Å². The summed E-state index contributed by atoms with van der Waals surface area (Å²) in [5, 5.41) is 4.94. The molecule has 0 saturated heterocycles. The number of rotatable bonds is 3. The first-order valence-electron chi connectivity index (χ1n) is 6.51. The van der Waals surface area contributed by atoms with Crippen molar-refractivity contribution in [2.24, 2.45) is 5.10 Å². The predicted octanol–water partition coefficient (Wildman–Crippen LogP) is 4.12. The molecule has 0 atom stereocenters. The van der Waals surface area contributed by atoms with Crippen LogP contribution in [0.4, 0.5) is 5.69 Å². The lowest BCUT2D eigenvalue weighted by atomic mass is 10.2. The highest BCUT2D eigenvalue weighted by Crippen LogP contribution is 2.20. The van der Waals surface area contributed by atoms with Crippen LogP contribution in [0.3, 0.4) is 0 Å². The molecule has 0 spiro atoms. The predicted molar refractivity (Wildman–Crippen MR) is 86.8 cm³/mol. The molecule has 0 radical (unpaired) electrons. The number of hydrogen-bond acceptors (Lipinski definition) is 4. The second-order valence-corrected chi connectivity index (χ2v) is 4.94. The molecule has 3 rings (SSSR count). The number of benzene rings is 2. The third-order valence-electron chi connectivity index (χ3n) is 3.04. The van der Waals surface area contributed by atoms with E-state index in [1.807, 2.05) is 55.5 Å². The van der Waals surface area contributed by atoms with Crippen LogP contribution in [0.25, 0.3) is 11.0 Å². The Morgan fingerprint density at radius 2 is 1.76 bits per heavy atom. The van der Waals surface area contributed by atoms with E-state index in [9.17, 15) is 0 Å².